The normalized spacial score (nSPS) is 18.6. The van der Waals surface area contributed by atoms with E-state index in [-0.39, 0.29) is 0 Å². The van der Waals surface area contributed by atoms with Crippen molar-refractivity contribution in [2.75, 3.05) is 26.2 Å². The molecule has 2 rings (SSSR count). The highest BCUT2D eigenvalue weighted by molar-refractivity contribution is 5.29. The first-order valence-electron chi connectivity index (χ1n) is 8.17. The van der Waals surface area contributed by atoms with Crippen LogP contribution in [0, 0.1) is 5.41 Å². The number of rotatable bonds is 7. The van der Waals surface area contributed by atoms with Crippen molar-refractivity contribution < 1.29 is 0 Å². The predicted molar refractivity (Wildman–Crippen MR) is 87.0 cm³/mol. The Hall–Kier alpha value is -0.860. The van der Waals surface area contributed by atoms with E-state index in [0.29, 0.717) is 5.41 Å². The Labute approximate surface area is 124 Å². The fourth-order valence-electron chi connectivity index (χ4n) is 3.09. The topological polar surface area (TPSA) is 15.3 Å². The van der Waals surface area contributed by atoms with E-state index in [1.807, 2.05) is 0 Å². The van der Waals surface area contributed by atoms with Crippen molar-refractivity contribution in [3.05, 3.63) is 35.4 Å². The minimum absolute atomic E-state index is 0.390. The minimum Gasteiger partial charge on any atom is -0.316 e. The number of hydrogen-bond donors (Lipinski definition) is 1. The highest BCUT2D eigenvalue weighted by atomic mass is 15.1. The smallest absolute Gasteiger partial charge is 0.0236 e. The van der Waals surface area contributed by atoms with Crippen LogP contribution >= 0.6 is 0 Å². The molecule has 0 aromatic heterocycles. The summed E-state index contributed by atoms with van der Waals surface area (Å²) in [5, 5.41) is 3.61. The number of fused-ring (bicyclic) bond motifs is 1. The van der Waals surface area contributed by atoms with Gasteiger partial charge < -0.3 is 5.32 Å². The molecule has 1 aliphatic heterocycles. The summed E-state index contributed by atoms with van der Waals surface area (Å²) >= 11 is 0. The van der Waals surface area contributed by atoms with Crippen LogP contribution in [0.3, 0.4) is 0 Å². The van der Waals surface area contributed by atoms with Gasteiger partial charge in [0.2, 0.25) is 0 Å². The molecule has 1 aromatic carbocycles. The van der Waals surface area contributed by atoms with Crippen molar-refractivity contribution in [2.24, 2.45) is 5.41 Å². The minimum atomic E-state index is 0.390. The second-order valence-electron chi connectivity index (χ2n) is 6.57. The standard InChI is InChI=1S/C18H30N2/c1-4-11-19-14-18(3,5-2)15-20-12-10-16-8-6-7-9-17(16)13-20/h6-9,19H,4-5,10-15H2,1-3H3. The summed E-state index contributed by atoms with van der Waals surface area (Å²) in [4.78, 5) is 2.64. The largest absolute Gasteiger partial charge is 0.316 e. The molecule has 1 unspecified atom stereocenters. The number of hydrogen-bond acceptors (Lipinski definition) is 2. The van der Waals surface area contributed by atoms with E-state index < -0.39 is 0 Å². The van der Waals surface area contributed by atoms with Gasteiger partial charge in [-0.05, 0) is 42.3 Å². The summed E-state index contributed by atoms with van der Waals surface area (Å²) in [6, 6.07) is 8.91. The van der Waals surface area contributed by atoms with Gasteiger partial charge in [0.1, 0.15) is 0 Å². The van der Waals surface area contributed by atoms with Gasteiger partial charge in [0, 0.05) is 26.2 Å². The molecular weight excluding hydrogens is 244 g/mol. The summed E-state index contributed by atoms with van der Waals surface area (Å²) in [5.41, 5.74) is 3.46. The maximum atomic E-state index is 3.61. The van der Waals surface area contributed by atoms with Gasteiger partial charge in [-0.2, -0.15) is 0 Å². The van der Waals surface area contributed by atoms with E-state index >= 15 is 0 Å². The fourth-order valence-corrected chi connectivity index (χ4v) is 3.09. The van der Waals surface area contributed by atoms with Crippen molar-refractivity contribution in [2.45, 2.75) is 46.6 Å². The van der Waals surface area contributed by atoms with E-state index in [1.54, 1.807) is 5.56 Å². The van der Waals surface area contributed by atoms with Gasteiger partial charge in [0.25, 0.3) is 0 Å². The molecule has 2 heteroatoms. The molecule has 2 nitrogen and oxygen atoms in total. The molecule has 0 bridgehead atoms. The zero-order chi connectivity index (χ0) is 14.4. The second kappa shape index (κ2) is 7.24. The third-order valence-corrected chi connectivity index (χ3v) is 4.65. The van der Waals surface area contributed by atoms with Gasteiger partial charge in [-0.25, -0.2) is 0 Å². The molecule has 0 fully saturated rings. The van der Waals surface area contributed by atoms with Crippen LogP contribution in [-0.2, 0) is 13.0 Å². The lowest BCUT2D eigenvalue weighted by Gasteiger charge is -2.37. The van der Waals surface area contributed by atoms with Crippen LogP contribution in [0.15, 0.2) is 24.3 Å². The molecule has 1 aliphatic rings. The summed E-state index contributed by atoms with van der Waals surface area (Å²) in [6.07, 6.45) is 3.66. The van der Waals surface area contributed by atoms with E-state index in [0.717, 1.165) is 19.6 Å². The molecule has 1 atom stereocenters. The summed E-state index contributed by atoms with van der Waals surface area (Å²) in [6.45, 7) is 12.8. The molecule has 1 aromatic rings. The maximum absolute atomic E-state index is 3.61. The molecule has 0 radical (unpaired) electrons. The Balaban J connectivity index is 1.92. The average Bonchev–Trinajstić information content (AvgIpc) is 2.47. The van der Waals surface area contributed by atoms with E-state index in [9.17, 15) is 0 Å². The number of nitrogens with zero attached hydrogens (tertiary/aromatic N) is 1. The molecule has 20 heavy (non-hydrogen) atoms. The van der Waals surface area contributed by atoms with Crippen molar-refractivity contribution in [1.29, 1.82) is 0 Å². The highest BCUT2D eigenvalue weighted by Gasteiger charge is 2.26. The van der Waals surface area contributed by atoms with Crippen molar-refractivity contribution in [1.82, 2.24) is 10.2 Å². The fraction of sp³-hybridized carbons (Fsp3) is 0.667. The first kappa shape index (κ1) is 15.5. The van der Waals surface area contributed by atoms with E-state index in [2.05, 4.69) is 55.3 Å². The number of nitrogens with one attached hydrogen (secondary N) is 1. The van der Waals surface area contributed by atoms with Crippen LogP contribution in [0.5, 0.6) is 0 Å². The van der Waals surface area contributed by atoms with Gasteiger partial charge in [0.05, 0.1) is 0 Å². The SMILES string of the molecule is CCCNCC(C)(CC)CN1CCc2ccccc2C1. The van der Waals surface area contributed by atoms with Gasteiger partial charge in [0.15, 0.2) is 0 Å². The van der Waals surface area contributed by atoms with Gasteiger partial charge in [-0.3, -0.25) is 4.90 Å². The lowest BCUT2D eigenvalue weighted by atomic mass is 9.85. The number of benzene rings is 1. The molecule has 0 spiro atoms. The van der Waals surface area contributed by atoms with Crippen LogP contribution < -0.4 is 5.32 Å². The van der Waals surface area contributed by atoms with Crippen molar-refractivity contribution in [3.8, 4) is 0 Å². The summed E-state index contributed by atoms with van der Waals surface area (Å²) in [7, 11) is 0. The first-order chi connectivity index (χ1) is 9.67. The van der Waals surface area contributed by atoms with Crippen molar-refractivity contribution in [3.63, 3.8) is 0 Å². The Morgan fingerprint density at radius 1 is 1.20 bits per heavy atom. The Morgan fingerprint density at radius 3 is 2.65 bits per heavy atom. The zero-order valence-electron chi connectivity index (χ0n) is 13.4. The molecule has 112 valence electrons. The molecule has 0 saturated heterocycles. The Kier molecular flexibility index (Phi) is 5.62. The van der Waals surface area contributed by atoms with Crippen LogP contribution in [0.2, 0.25) is 0 Å². The maximum Gasteiger partial charge on any atom is 0.0236 e. The average molecular weight is 274 g/mol. The quantitative estimate of drug-likeness (QED) is 0.766. The van der Waals surface area contributed by atoms with Crippen molar-refractivity contribution >= 4 is 0 Å². The third-order valence-electron chi connectivity index (χ3n) is 4.65. The van der Waals surface area contributed by atoms with Crippen LogP contribution in [0.25, 0.3) is 0 Å². The predicted octanol–water partition coefficient (Wildman–Crippen LogP) is 3.46. The lowest BCUT2D eigenvalue weighted by Crippen LogP contribution is -2.44. The Morgan fingerprint density at radius 2 is 1.95 bits per heavy atom. The molecule has 1 heterocycles. The van der Waals surface area contributed by atoms with Crippen LogP contribution in [0.1, 0.15) is 44.7 Å². The molecule has 1 N–H and O–H groups in total. The Bertz CT molecular complexity index is 416. The zero-order valence-corrected chi connectivity index (χ0v) is 13.4. The van der Waals surface area contributed by atoms with E-state index in [4.69, 9.17) is 0 Å². The first-order valence-corrected chi connectivity index (χ1v) is 8.17. The third kappa shape index (κ3) is 4.07. The van der Waals surface area contributed by atoms with Gasteiger partial charge >= 0.3 is 0 Å². The summed E-state index contributed by atoms with van der Waals surface area (Å²) < 4.78 is 0. The molecule has 0 amide bonds. The van der Waals surface area contributed by atoms with Crippen LogP contribution in [-0.4, -0.2) is 31.1 Å². The molecular formula is C18H30N2. The monoisotopic (exact) mass is 274 g/mol. The molecule has 0 saturated carbocycles. The van der Waals surface area contributed by atoms with E-state index in [1.165, 1.54) is 37.9 Å². The highest BCUT2D eigenvalue weighted by Crippen LogP contribution is 2.26. The van der Waals surface area contributed by atoms with Crippen LogP contribution in [0.4, 0.5) is 0 Å². The second-order valence-corrected chi connectivity index (χ2v) is 6.57. The molecule has 0 aliphatic carbocycles. The summed E-state index contributed by atoms with van der Waals surface area (Å²) in [5.74, 6) is 0. The lowest BCUT2D eigenvalue weighted by molar-refractivity contribution is 0.143. The van der Waals surface area contributed by atoms with Gasteiger partial charge in [-0.1, -0.05) is 45.0 Å². The van der Waals surface area contributed by atoms with Gasteiger partial charge in [-0.15, -0.1) is 0 Å².